The van der Waals surface area contributed by atoms with Gasteiger partial charge in [-0.15, -0.1) is 0 Å². The summed E-state index contributed by atoms with van der Waals surface area (Å²) in [6.07, 6.45) is 6.99. The van der Waals surface area contributed by atoms with Gasteiger partial charge in [0.15, 0.2) is 18.0 Å². The topological polar surface area (TPSA) is 95.0 Å². The van der Waals surface area contributed by atoms with Crippen molar-refractivity contribution in [2.75, 3.05) is 6.54 Å². The molecule has 1 aliphatic rings. The van der Waals surface area contributed by atoms with Gasteiger partial charge in [-0.1, -0.05) is 37.3 Å². The number of fused-ring (bicyclic) bond motifs is 1. The van der Waals surface area contributed by atoms with Crippen molar-refractivity contribution in [2.45, 2.75) is 38.8 Å². The van der Waals surface area contributed by atoms with Crippen molar-refractivity contribution < 1.29 is 9.52 Å². The van der Waals surface area contributed by atoms with Crippen LogP contribution < -0.4 is 10.3 Å². The molecule has 178 valence electrons. The van der Waals surface area contributed by atoms with E-state index in [1.807, 2.05) is 42.2 Å². The maximum Gasteiger partial charge on any atom is 0.263 e. The SMILES string of the molecule is CCC(c1nc2ncccc2c(=O)n1Cc1ccccc1)N(CC1CC1)C(=O)c1cc[n+]([O-])cc1. The summed E-state index contributed by atoms with van der Waals surface area (Å²) < 4.78 is 2.34. The molecule has 5 rings (SSSR count). The summed E-state index contributed by atoms with van der Waals surface area (Å²) in [6.45, 7) is 2.91. The van der Waals surface area contributed by atoms with Crippen LogP contribution >= 0.6 is 0 Å². The Morgan fingerprint density at radius 3 is 2.57 bits per heavy atom. The average Bonchev–Trinajstić information content (AvgIpc) is 3.71. The summed E-state index contributed by atoms with van der Waals surface area (Å²) in [7, 11) is 0. The first kappa shape index (κ1) is 22.7. The van der Waals surface area contributed by atoms with E-state index < -0.39 is 6.04 Å². The molecule has 3 heterocycles. The second-order valence-electron chi connectivity index (χ2n) is 8.99. The minimum atomic E-state index is -0.425. The number of aromatic nitrogens is 4. The number of hydrogen-bond acceptors (Lipinski definition) is 5. The second-order valence-corrected chi connectivity index (χ2v) is 8.99. The van der Waals surface area contributed by atoms with Crippen molar-refractivity contribution in [2.24, 2.45) is 5.92 Å². The molecule has 0 aliphatic heterocycles. The van der Waals surface area contributed by atoms with Crippen LogP contribution in [0.2, 0.25) is 0 Å². The summed E-state index contributed by atoms with van der Waals surface area (Å²) in [5.74, 6) is 0.774. The number of rotatable bonds is 8. The third-order valence-electron chi connectivity index (χ3n) is 6.47. The molecule has 0 N–H and O–H groups in total. The molecule has 1 unspecified atom stereocenters. The third-order valence-corrected chi connectivity index (χ3v) is 6.47. The number of hydrogen-bond donors (Lipinski definition) is 0. The number of carbonyl (C=O) groups excluding carboxylic acids is 1. The molecule has 0 saturated heterocycles. The number of benzene rings is 1. The highest BCUT2D eigenvalue weighted by Crippen LogP contribution is 2.34. The predicted octanol–water partition coefficient (Wildman–Crippen LogP) is 3.48. The van der Waals surface area contributed by atoms with Crippen LogP contribution in [0, 0.1) is 11.1 Å². The summed E-state index contributed by atoms with van der Waals surface area (Å²) in [4.78, 5) is 38.4. The first-order valence-corrected chi connectivity index (χ1v) is 11.9. The second kappa shape index (κ2) is 9.66. The lowest BCUT2D eigenvalue weighted by Crippen LogP contribution is -2.40. The van der Waals surface area contributed by atoms with Gasteiger partial charge >= 0.3 is 0 Å². The van der Waals surface area contributed by atoms with Crippen LogP contribution in [0.5, 0.6) is 0 Å². The third kappa shape index (κ3) is 4.77. The molecule has 8 nitrogen and oxygen atoms in total. The molecule has 3 aromatic heterocycles. The van der Waals surface area contributed by atoms with Gasteiger partial charge in [-0.05, 0) is 42.9 Å². The Morgan fingerprint density at radius 1 is 1.14 bits per heavy atom. The van der Waals surface area contributed by atoms with E-state index in [1.165, 1.54) is 24.5 Å². The van der Waals surface area contributed by atoms with Gasteiger partial charge in [0, 0.05) is 24.9 Å². The molecular weight excluding hydrogens is 442 g/mol. The van der Waals surface area contributed by atoms with Gasteiger partial charge in [0.1, 0.15) is 5.82 Å². The minimum absolute atomic E-state index is 0.175. The summed E-state index contributed by atoms with van der Waals surface area (Å²) >= 11 is 0. The van der Waals surface area contributed by atoms with Crippen LogP contribution in [0.4, 0.5) is 0 Å². The largest absolute Gasteiger partial charge is 0.619 e. The maximum absolute atomic E-state index is 13.7. The molecular formula is C27H27N5O3. The molecule has 0 bridgehead atoms. The van der Waals surface area contributed by atoms with Crippen molar-refractivity contribution in [3.05, 3.63) is 106 Å². The number of pyridine rings is 2. The standard InChI is InChI=1S/C27H27N5O3/c1-2-23(31(17-20-10-11-20)26(33)21-12-15-30(35)16-13-21)25-29-24-22(9-6-14-28-24)27(34)32(25)18-19-7-4-3-5-8-19/h3-9,12-16,20,23H,2,10-11,17-18H2,1H3. The predicted molar refractivity (Wildman–Crippen MR) is 132 cm³/mol. The van der Waals surface area contributed by atoms with Gasteiger partial charge in [0.25, 0.3) is 11.5 Å². The molecule has 1 amide bonds. The first-order chi connectivity index (χ1) is 17.0. The van der Waals surface area contributed by atoms with E-state index in [1.54, 1.807) is 22.9 Å². The number of nitrogens with zero attached hydrogens (tertiary/aromatic N) is 5. The zero-order chi connectivity index (χ0) is 24.4. The van der Waals surface area contributed by atoms with E-state index >= 15 is 0 Å². The van der Waals surface area contributed by atoms with Crippen LogP contribution in [-0.4, -0.2) is 31.9 Å². The first-order valence-electron chi connectivity index (χ1n) is 11.9. The molecule has 35 heavy (non-hydrogen) atoms. The Kier molecular flexibility index (Phi) is 6.27. The lowest BCUT2D eigenvalue weighted by molar-refractivity contribution is -0.605. The molecule has 0 spiro atoms. The zero-order valence-corrected chi connectivity index (χ0v) is 19.6. The van der Waals surface area contributed by atoms with Crippen LogP contribution in [0.15, 0.2) is 78.0 Å². The van der Waals surface area contributed by atoms with Gasteiger partial charge in [0.05, 0.1) is 23.5 Å². The molecule has 8 heteroatoms. The lowest BCUT2D eigenvalue weighted by atomic mass is 10.1. The fourth-order valence-electron chi connectivity index (χ4n) is 4.44. The van der Waals surface area contributed by atoms with Crippen molar-refractivity contribution in [1.29, 1.82) is 0 Å². The van der Waals surface area contributed by atoms with Gasteiger partial charge in [-0.3, -0.25) is 14.2 Å². The fourth-order valence-corrected chi connectivity index (χ4v) is 4.44. The van der Waals surface area contributed by atoms with Crippen LogP contribution in [0.3, 0.4) is 0 Å². The van der Waals surface area contributed by atoms with Gasteiger partial charge in [0.2, 0.25) is 0 Å². The molecule has 1 saturated carbocycles. The monoisotopic (exact) mass is 469 g/mol. The van der Waals surface area contributed by atoms with Gasteiger partial charge in [-0.2, -0.15) is 4.73 Å². The van der Waals surface area contributed by atoms with Crippen LogP contribution in [0.1, 0.15) is 54.0 Å². The minimum Gasteiger partial charge on any atom is -0.619 e. The van der Waals surface area contributed by atoms with Crippen LogP contribution in [-0.2, 0) is 6.54 Å². The Labute approximate surface area is 203 Å². The van der Waals surface area contributed by atoms with Crippen molar-refractivity contribution in [1.82, 2.24) is 19.4 Å². The molecule has 1 aromatic carbocycles. The molecule has 1 fully saturated rings. The van der Waals surface area contributed by atoms with E-state index in [2.05, 4.69) is 4.98 Å². The highest BCUT2D eigenvalue weighted by molar-refractivity contribution is 5.94. The van der Waals surface area contributed by atoms with Crippen LogP contribution in [0.25, 0.3) is 11.0 Å². The summed E-state index contributed by atoms with van der Waals surface area (Å²) in [6, 6.07) is 15.9. The maximum atomic E-state index is 13.7. The highest BCUT2D eigenvalue weighted by Gasteiger charge is 2.34. The van der Waals surface area contributed by atoms with E-state index in [-0.39, 0.29) is 11.5 Å². The Morgan fingerprint density at radius 2 is 1.89 bits per heavy atom. The number of carbonyl (C=O) groups is 1. The molecule has 4 aromatic rings. The quantitative estimate of drug-likeness (QED) is 0.291. The van der Waals surface area contributed by atoms with E-state index in [0.29, 0.717) is 52.6 Å². The summed E-state index contributed by atoms with van der Waals surface area (Å²) in [5, 5.41) is 12.0. The number of amides is 1. The van der Waals surface area contributed by atoms with Crippen molar-refractivity contribution in [3.63, 3.8) is 0 Å². The van der Waals surface area contributed by atoms with Gasteiger partial charge < -0.3 is 10.1 Å². The lowest BCUT2D eigenvalue weighted by Gasteiger charge is -2.32. The van der Waals surface area contributed by atoms with E-state index in [4.69, 9.17) is 4.98 Å². The Bertz CT molecular complexity index is 1400. The Hall–Kier alpha value is -4.07. The smallest absolute Gasteiger partial charge is 0.263 e. The van der Waals surface area contributed by atoms with E-state index in [9.17, 15) is 14.8 Å². The van der Waals surface area contributed by atoms with Gasteiger partial charge in [-0.25, -0.2) is 9.97 Å². The normalized spacial score (nSPS) is 14.1. The Balaban J connectivity index is 1.64. The van der Waals surface area contributed by atoms with Crippen molar-refractivity contribution >= 4 is 16.9 Å². The zero-order valence-electron chi connectivity index (χ0n) is 19.6. The summed E-state index contributed by atoms with van der Waals surface area (Å²) in [5.41, 5.74) is 1.61. The highest BCUT2D eigenvalue weighted by atomic mass is 16.5. The molecule has 1 aliphatic carbocycles. The molecule has 1 atom stereocenters. The van der Waals surface area contributed by atoms with Crippen molar-refractivity contribution in [3.8, 4) is 0 Å². The average molecular weight is 470 g/mol. The van der Waals surface area contributed by atoms with E-state index in [0.717, 1.165) is 18.4 Å². The fraction of sp³-hybridized carbons (Fsp3) is 0.296. The molecule has 0 radical (unpaired) electrons.